The average Bonchev–Trinajstić information content (AvgIpc) is 3.61. The van der Waals surface area contributed by atoms with E-state index in [0.717, 1.165) is 23.3 Å². The Morgan fingerprint density at radius 1 is 1.24 bits per heavy atom. The number of imidazole rings is 1. The molecule has 4 heterocycles. The Hall–Kier alpha value is -3.34. The normalized spacial score (nSPS) is 16.9. The molecule has 2 amide bonds. The zero-order chi connectivity index (χ0) is 24.2. The summed E-state index contributed by atoms with van der Waals surface area (Å²) in [5.74, 6) is -0.620. The van der Waals surface area contributed by atoms with E-state index in [1.54, 1.807) is 12.1 Å². The molecule has 5 rings (SSSR count). The minimum atomic E-state index is -4.66. The van der Waals surface area contributed by atoms with Crippen LogP contribution in [0.1, 0.15) is 40.4 Å². The Bertz CT molecular complexity index is 1290. The predicted octanol–water partition coefficient (Wildman–Crippen LogP) is 3.78. The summed E-state index contributed by atoms with van der Waals surface area (Å²) in [6.07, 6.45) is -0.0550. The van der Waals surface area contributed by atoms with Gasteiger partial charge in [-0.05, 0) is 36.5 Å². The fourth-order valence-corrected chi connectivity index (χ4v) is 4.30. The third-order valence-electron chi connectivity index (χ3n) is 5.99. The lowest BCUT2D eigenvalue weighted by Gasteiger charge is -2.33. The molecule has 2 fully saturated rings. The molecule has 0 radical (unpaired) electrons. The SMILES string of the molecule is COc1ccc(N2CCN(C(=O)c3nc4c(C(F)(F)F)cc(C5CC5)cn4c3Cl)CC2=O)cn1. The van der Waals surface area contributed by atoms with Gasteiger partial charge in [-0.25, -0.2) is 9.97 Å². The van der Waals surface area contributed by atoms with Gasteiger partial charge in [0, 0.05) is 25.4 Å². The number of rotatable bonds is 4. The maximum absolute atomic E-state index is 13.7. The Morgan fingerprint density at radius 2 is 2.00 bits per heavy atom. The van der Waals surface area contributed by atoms with E-state index in [2.05, 4.69) is 9.97 Å². The van der Waals surface area contributed by atoms with E-state index in [0.29, 0.717) is 17.1 Å². The third-order valence-corrected chi connectivity index (χ3v) is 6.35. The van der Waals surface area contributed by atoms with Crippen LogP contribution in [0.5, 0.6) is 5.88 Å². The Labute approximate surface area is 196 Å². The Morgan fingerprint density at radius 3 is 2.59 bits per heavy atom. The largest absolute Gasteiger partial charge is 0.481 e. The molecule has 1 aliphatic heterocycles. The quantitative estimate of drug-likeness (QED) is 0.552. The number of hydrogen-bond donors (Lipinski definition) is 0. The second-order valence-corrected chi connectivity index (χ2v) is 8.59. The summed E-state index contributed by atoms with van der Waals surface area (Å²) in [6.45, 7) is 0.0674. The standard InChI is InChI=1S/C22H19ClF3N5O3/c1-34-16-5-4-14(9-27-16)30-7-6-29(11-17(30)32)21(33)18-19(23)31-10-13(12-2-3-12)8-15(20(31)28-18)22(24,25)26/h4-5,8-10,12H,2-3,6-7,11H2,1H3. The molecule has 0 unspecified atom stereocenters. The number of fused-ring (bicyclic) bond motifs is 1. The van der Waals surface area contributed by atoms with Crippen molar-refractivity contribution in [2.75, 3.05) is 31.6 Å². The van der Waals surface area contributed by atoms with E-state index < -0.39 is 23.3 Å². The van der Waals surface area contributed by atoms with Crippen molar-refractivity contribution in [2.45, 2.75) is 24.9 Å². The number of carbonyl (C=O) groups is 2. The Balaban J connectivity index is 1.42. The molecule has 12 heteroatoms. The third kappa shape index (κ3) is 3.93. The number of halogens is 4. The van der Waals surface area contributed by atoms with Crippen LogP contribution in [0, 0.1) is 0 Å². The molecule has 0 atom stereocenters. The van der Waals surface area contributed by atoms with Crippen molar-refractivity contribution in [1.29, 1.82) is 0 Å². The van der Waals surface area contributed by atoms with Crippen LogP contribution in [0.4, 0.5) is 18.9 Å². The molecule has 1 saturated carbocycles. The van der Waals surface area contributed by atoms with Crippen LogP contribution in [0.3, 0.4) is 0 Å². The van der Waals surface area contributed by atoms with Gasteiger partial charge in [-0.3, -0.25) is 14.0 Å². The number of hydrogen-bond acceptors (Lipinski definition) is 5. The van der Waals surface area contributed by atoms with Gasteiger partial charge in [0.2, 0.25) is 11.8 Å². The maximum atomic E-state index is 13.7. The lowest BCUT2D eigenvalue weighted by Crippen LogP contribution is -2.52. The highest BCUT2D eigenvalue weighted by atomic mass is 35.5. The van der Waals surface area contributed by atoms with Crippen molar-refractivity contribution in [3.8, 4) is 5.88 Å². The number of carbonyl (C=O) groups excluding carboxylic acids is 2. The molecule has 1 aliphatic carbocycles. The molecule has 0 bridgehead atoms. The number of piperazine rings is 1. The van der Waals surface area contributed by atoms with Gasteiger partial charge >= 0.3 is 6.18 Å². The van der Waals surface area contributed by atoms with Crippen LogP contribution < -0.4 is 9.64 Å². The zero-order valence-corrected chi connectivity index (χ0v) is 18.7. The van der Waals surface area contributed by atoms with Gasteiger partial charge in [-0.2, -0.15) is 13.2 Å². The number of methoxy groups -OCH3 is 1. The van der Waals surface area contributed by atoms with E-state index in [1.807, 2.05) is 0 Å². The van der Waals surface area contributed by atoms with Crippen molar-refractivity contribution in [1.82, 2.24) is 19.3 Å². The minimum absolute atomic E-state index is 0.0428. The van der Waals surface area contributed by atoms with Crippen molar-refractivity contribution in [3.05, 3.63) is 52.6 Å². The summed E-state index contributed by atoms with van der Waals surface area (Å²) in [7, 11) is 1.48. The summed E-state index contributed by atoms with van der Waals surface area (Å²) >= 11 is 6.35. The highest BCUT2D eigenvalue weighted by molar-refractivity contribution is 6.33. The second-order valence-electron chi connectivity index (χ2n) is 8.23. The van der Waals surface area contributed by atoms with Crippen molar-refractivity contribution < 1.29 is 27.5 Å². The van der Waals surface area contributed by atoms with E-state index in [1.165, 1.54) is 29.3 Å². The van der Waals surface area contributed by atoms with Gasteiger partial charge in [-0.1, -0.05) is 11.6 Å². The predicted molar refractivity (Wildman–Crippen MR) is 116 cm³/mol. The van der Waals surface area contributed by atoms with Gasteiger partial charge in [0.05, 0.1) is 24.6 Å². The van der Waals surface area contributed by atoms with E-state index in [-0.39, 0.29) is 42.3 Å². The molecule has 3 aromatic heterocycles. The van der Waals surface area contributed by atoms with Crippen LogP contribution in [0.25, 0.3) is 5.65 Å². The number of nitrogens with zero attached hydrogens (tertiary/aromatic N) is 5. The smallest absolute Gasteiger partial charge is 0.419 e. The van der Waals surface area contributed by atoms with Gasteiger partial charge in [0.25, 0.3) is 5.91 Å². The van der Waals surface area contributed by atoms with Crippen LogP contribution in [0.15, 0.2) is 30.6 Å². The van der Waals surface area contributed by atoms with Crippen LogP contribution >= 0.6 is 11.6 Å². The number of ether oxygens (including phenoxy) is 1. The molecular weight excluding hydrogens is 475 g/mol. The van der Waals surface area contributed by atoms with Crippen molar-refractivity contribution >= 4 is 34.7 Å². The highest BCUT2D eigenvalue weighted by Crippen LogP contribution is 2.43. The highest BCUT2D eigenvalue weighted by Gasteiger charge is 2.38. The first kappa shape index (κ1) is 22.5. The molecule has 34 heavy (non-hydrogen) atoms. The molecule has 1 saturated heterocycles. The molecule has 2 aliphatic rings. The lowest BCUT2D eigenvalue weighted by molar-refractivity contribution is -0.136. The molecule has 8 nitrogen and oxygen atoms in total. The fraction of sp³-hybridized carbons (Fsp3) is 0.364. The molecule has 0 spiro atoms. The summed E-state index contributed by atoms with van der Waals surface area (Å²) in [6, 6.07) is 4.37. The van der Waals surface area contributed by atoms with Crippen molar-refractivity contribution in [2.24, 2.45) is 0 Å². The van der Waals surface area contributed by atoms with Crippen molar-refractivity contribution in [3.63, 3.8) is 0 Å². The maximum Gasteiger partial charge on any atom is 0.419 e. The first-order valence-electron chi connectivity index (χ1n) is 10.6. The first-order chi connectivity index (χ1) is 16.2. The molecule has 178 valence electrons. The molecule has 3 aromatic rings. The number of anilines is 1. The zero-order valence-electron chi connectivity index (χ0n) is 18.0. The minimum Gasteiger partial charge on any atom is -0.481 e. The summed E-state index contributed by atoms with van der Waals surface area (Å²) in [5, 5.41) is -0.206. The van der Waals surface area contributed by atoms with Gasteiger partial charge in [-0.15, -0.1) is 0 Å². The summed E-state index contributed by atoms with van der Waals surface area (Å²) < 4.78 is 47.3. The Kier molecular flexibility index (Phi) is 5.38. The van der Waals surface area contributed by atoms with E-state index >= 15 is 0 Å². The van der Waals surface area contributed by atoms with E-state index in [9.17, 15) is 22.8 Å². The van der Waals surface area contributed by atoms with E-state index in [4.69, 9.17) is 16.3 Å². The lowest BCUT2D eigenvalue weighted by atomic mass is 10.1. The van der Waals surface area contributed by atoms with Crippen LogP contribution in [-0.2, 0) is 11.0 Å². The first-order valence-corrected chi connectivity index (χ1v) is 10.9. The number of aromatic nitrogens is 3. The average molecular weight is 494 g/mol. The molecule has 0 aromatic carbocycles. The summed E-state index contributed by atoms with van der Waals surface area (Å²) in [4.78, 5) is 36.6. The number of amides is 2. The monoisotopic (exact) mass is 493 g/mol. The number of pyridine rings is 2. The van der Waals surface area contributed by atoms with Crippen LogP contribution in [-0.4, -0.2) is 57.8 Å². The van der Waals surface area contributed by atoms with Gasteiger partial charge in [0.1, 0.15) is 11.7 Å². The molecular formula is C22H19ClF3N5O3. The van der Waals surface area contributed by atoms with Gasteiger partial charge in [0.15, 0.2) is 11.3 Å². The fourth-order valence-electron chi connectivity index (χ4n) is 4.05. The second kappa shape index (κ2) is 8.15. The molecule has 0 N–H and O–H groups in total. The summed E-state index contributed by atoms with van der Waals surface area (Å²) in [5.41, 5.74) is -0.626. The topological polar surface area (TPSA) is 80.0 Å². The van der Waals surface area contributed by atoms with Gasteiger partial charge < -0.3 is 14.5 Å². The number of alkyl halides is 3. The van der Waals surface area contributed by atoms with Crippen LogP contribution in [0.2, 0.25) is 5.15 Å².